The SMILES string of the molecule is Cc1cc(NCC2(c3cccc(Br)c3)CCOCC2)nc(N)n1. The van der Waals surface area contributed by atoms with Gasteiger partial charge in [0.15, 0.2) is 0 Å². The van der Waals surface area contributed by atoms with Crippen molar-refractivity contribution in [1.29, 1.82) is 0 Å². The van der Waals surface area contributed by atoms with Crippen molar-refractivity contribution >= 4 is 27.7 Å². The van der Waals surface area contributed by atoms with Crippen LogP contribution in [-0.2, 0) is 10.2 Å². The van der Waals surface area contributed by atoms with Crippen molar-refractivity contribution in [1.82, 2.24) is 9.97 Å². The second kappa shape index (κ2) is 6.84. The third-order valence-electron chi connectivity index (χ3n) is 4.37. The van der Waals surface area contributed by atoms with Crippen molar-refractivity contribution in [2.24, 2.45) is 0 Å². The van der Waals surface area contributed by atoms with E-state index in [0.29, 0.717) is 5.95 Å². The summed E-state index contributed by atoms with van der Waals surface area (Å²) in [6.07, 6.45) is 1.96. The smallest absolute Gasteiger partial charge is 0.222 e. The molecule has 2 heterocycles. The summed E-state index contributed by atoms with van der Waals surface area (Å²) in [6.45, 7) is 4.27. The Bertz CT molecular complexity index is 666. The maximum Gasteiger partial charge on any atom is 0.222 e. The van der Waals surface area contributed by atoms with Gasteiger partial charge in [0.05, 0.1) is 0 Å². The molecule has 6 heteroatoms. The summed E-state index contributed by atoms with van der Waals surface area (Å²) in [7, 11) is 0. The van der Waals surface area contributed by atoms with Gasteiger partial charge in [-0.05, 0) is 37.5 Å². The summed E-state index contributed by atoms with van der Waals surface area (Å²) in [4.78, 5) is 8.39. The Morgan fingerprint density at radius 3 is 2.74 bits per heavy atom. The molecule has 1 saturated heterocycles. The Labute approximate surface area is 144 Å². The molecule has 3 N–H and O–H groups in total. The lowest BCUT2D eigenvalue weighted by Crippen LogP contribution is -2.40. The number of benzene rings is 1. The Balaban J connectivity index is 1.84. The number of aromatic nitrogens is 2. The Morgan fingerprint density at radius 2 is 2.04 bits per heavy atom. The van der Waals surface area contributed by atoms with Crippen molar-refractivity contribution in [3.63, 3.8) is 0 Å². The van der Waals surface area contributed by atoms with Crippen LogP contribution < -0.4 is 11.1 Å². The number of rotatable bonds is 4. The number of nitrogens with zero attached hydrogens (tertiary/aromatic N) is 2. The molecule has 1 fully saturated rings. The molecule has 1 aliphatic rings. The molecule has 23 heavy (non-hydrogen) atoms. The molecule has 0 saturated carbocycles. The number of aryl methyl sites for hydroxylation is 1. The van der Waals surface area contributed by atoms with Gasteiger partial charge in [0.2, 0.25) is 5.95 Å². The summed E-state index contributed by atoms with van der Waals surface area (Å²) < 4.78 is 6.68. The van der Waals surface area contributed by atoms with Crippen LogP contribution in [0, 0.1) is 6.92 Å². The lowest BCUT2D eigenvalue weighted by Gasteiger charge is -2.38. The zero-order chi connectivity index (χ0) is 16.3. The van der Waals surface area contributed by atoms with E-state index in [1.165, 1.54) is 5.56 Å². The summed E-state index contributed by atoms with van der Waals surface area (Å²) in [5.74, 6) is 1.08. The lowest BCUT2D eigenvalue weighted by molar-refractivity contribution is 0.0543. The minimum atomic E-state index is 0.0373. The first kappa shape index (κ1) is 16.2. The van der Waals surface area contributed by atoms with E-state index in [1.807, 2.05) is 13.0 Å². The first-order chi connectivity index (χ1) is 11.1. The fourth-order valence-electron chi connectivity index (χ4n) is 3.09. The summed E-state index contributed by atoms with van der Waals surface area (Å²) in [5.41, 5.74) is 7.97. The molecule has 0 aliphatic carbocycles. The highest BCUT2D eigenvalue weighted by Gasteiger charge is 2.34. The van der Waals surface area contributed by atoms with Crippen LogP contribution in [0.5, 0.6) is 0 Å². The average Bonchev–Trinajstić information content (AvgIpc) is 2.53. The molecular formula is C17H21BrN4O. The number of nitrogens with one attached hydrogen (secondary N) is 1. The minimum Gasteiger partial charge on any atom is -0.381 e. The standard InChI is InChI=1S/C17H21BrN4O/c1-12-9-15(22-16(19)21-12)20-11-17(5-7-23-8-6-17)13-3-2-4-14(18)10-13/h2-4,9-10H,5-8,11H2,1H3,(H3,19,20,21,22). The number of anilines is 2. The van der Waals surface area contributed by atoms with Gasteiger partial charge in [0, 0.05) is 41.4 Å². The van der Waals surface area contributed by atoms with Crippen LogP contribution in [0.4, 0.5) is 11.8 Å². The molecule has 0 radical (unpaired) electrons. The highest BCUT2D eigenvalue weighted by Crippen LogP contribution is 2.36. The van der Waals surface area contributed by atoms with Crippen LogP contribution in [-0.4, -0.2) is 29.7 Å². The molecule has 0 amide bonds. The van der Waals surface area contributed by atoms with Gasteiger partial charge in [0.1, 0.15) is 5.82 Å². The van der Waals surface area contributed by atoms with Gasteiger partial charge in [-0.1, -0.05) is 28.1 Å². The van der Waals surface area contributed by atoms with Crippen molar-refractivity contribution in [2.45, 2.75) is 25.2 Å². The van der Waals surface area contributed by atoms with Crippen molar-refractivity contribution in [3.05, 3.63) is 46.1 Å². The second-order valence-electron chi connectivity index (χ2n) is 6.01. The maximum atomic E-state index is 5.74. The van der Waals surface area contributed by atoms with Crippen LogP contribution in [0.1, 0.15) is 24.1 Å². The van der Waals surface area contributed by atoms with E-state index < -0.39 is 0 Å². The van der Waals surface area contributed by atoms with E-state index in [4.69, 9.17) is 10.5 Å². The van der Waals surface area contributed by atoms with Gasteiger partial charge in [-0.15, -0.1) is 0 Å². The van der Waals surface area contributed by atoms with Crippen LogP contribution in [0.15, 0.2) is 34.8 Å². The zero-order valence-electron chi connectivity index (χ0n) is 13.2. The fraction of sp³-hybridized carbons (Fsp3) is 0.412. The predicted octanol–water partition coefficient (Wildman–Crippen LogP) is 3.29. The van der Waals surface area contributed by atoms with Crippen molar-refractivity contribution in [3.8, 4) is 0 Å². The van der Waals surface area contributed by atoms with E-state index in [0.717, 1.165) is 48.6 Å². The highest BCUT2D eigenvalue weighted by molar-refractivity contribution is 9.10. The van der Waals surface area contributed by atoms with Crippen LogP contribution >= 0.6 is 15.9 Å². The van der Waals surface area contributed by atoms with Crippen molar-refractivity contribution in [2.75, 3.05) is 30.8 Å². The maximum absolute atomic E-state index is 5.74. The highest BCUT2D eigenvalue weighted by atomic mass is 79.9. The van der Waals surface area contributed by atoms with Gasteiger partial charge >= 0.3 is 0 Å². The number of nitrogen functional groups attached to an aromatic ring is 1. The third-order valence-corrected chi connectivity index (χ3v) is 4.86. The number of hydrogen-bond acceptors (Lipinski definition) is 5. The number of ether oxygens (including phenoxy) is 1. The largest absolute Gasteiger partial charge is 0.381 e. The Kier molecular flexibility index (Phi) is 4.82. The fourth-order valence-corrected chi connectivity index (χ4v) is 3.49. The number of halogens is 1. The summed E-state index contributed by atoms with van der Waals surface area (Å²) in [5, 5.41) is 3.45. The van der Waals surface area contributed by atoms with Gasteiger partial charge in [0.25, 0.3) is 0 Å². The molecule has 1 aromatic carbocycles. The molecule has 3 rings (SSSR count). The van der Waals surface area contributed by atoms with Gasteiger partial charge in [-0.3, -0.25) is 0 Å². The average molecular weight is 377 g/mol. The van der Waals surface area contributed by atoms with Gasteiger partial charge < -0.3 is 15.8 Å². The molecule has 0 bridgehead atoms. The molecule has 1 aliphatic heterocycles. The molecule has 1 aromatic heterocycles. The van der Waals surface area contributed by atoms with Gasteiger partial charge in [-0.2, -0.15) is 4.98 Å². The molecule has 122 valence electrons. The molecule has 2 aromatic rings. The van der Waals surface area contributed by atoms with E-state index in [2.05, 4.69) is 55.5 Å². The summed E-state index contributed by atoms with van der Waals surface area (Å²) in [6, 6.07) is 10.5. The molecule has 5 nitrogen and oxygen atoms in total. The monoisotopic (exact) mass is 376 g/mol. The predicted molar refractivity (Wildman–Crippen MR) is 95.5 cm³/mol. The topological polar surface area (TPSA) is 73.1 Å². The molecule has 0 unspecified atom stereocenters. The first-order valence-electron chi connectivity index (χ1n) is 7.76. The van der Waals surface area contributed by atoms with Crippen LogP contribution in [0.3, 0.4) is 0 Å². The molecular weight excluding hydrogens is 356 g/mol. The van der Waals surface area contributed by atoms with Crippen molar-refractivity contribution < 1.29 is 4.74 Å². The molecule has 0 spiro atoms. The number of nitrogens with two attached hydrogens (primary N) is 1. The van der Waals surface area contributed by atoms with Crippen LogP contribution in [0.2, 0.25) is 0 Å². The quantitative estimate of drug-likeness (QED) is 0.856. The Hall–Kier alpha value is -1.66. The first-order valence-corrected chi connectivity index (χ1v) is 8.56. The zero-order valence-corrected chi connectivity index (χ0v) is 14.8. The van der Waals surface area contributed by atoms with Gasteiger partial charge in [-0.25, -0.2) is 4.98 Å². The van der Waals surface area contributed by atoms with Crippen LogP contribution in [0.25, 0.3) is 0 Å². The normalized spacial score (nSPS) is 17.0. The molecule has 0 atom stereocenters. The van der Waals surface area contributed by atoms with E-state index >= 15 is 0 Å². The number of hydrogen-bond donors (Lipinski definition) is 2. The second-order valence-corrected chi connectivity index (χ2v) is 6.93. The third kappa shape index (κ3) is 3.82. The van der Waals surface area contributed by atoms with E-state index in [-0.39, 0.29) is 5.41 Å². The Morgan fingerprint density at radius 1 is 1.26 bits per heavy atom. The summed E-state index contributed by atoms with van der Waals surface area (Å²) >= 11 is 3.58. The minimum absolute atomic E-state index is 0.0373. The lowest BCUT2D eigenvalue weighted by atomic mass is 9.74. The van der Waals surface area contributed by atoms with E-state index in [1.54, 1.807) is 0 Å². The van der Waals surface area contributed by atoms with E-state index in [9.17, 15) is 0 Å².